The van der Waals surface area contributed by atoms with Gasteiger partial charge in [0.25, 0.3) is 0 Å². The van der Waals surface area contributed by atoms with Crippen LogP contribution in [0.15, 0.2) is 0 Å². The standard InChI is InChI=1S/C6H13NO6/c7-13-2-4(10)6(12)5(11)3(9)1-8/h3-5,8-11H,1-2,7H2. The minimum Gasteiger partial charge on any atom is -0.394 e. The maximum Gasteiger partial charge on any atom is 0.194 e. The normalized spacial score (nSPS) is 17.9. The largest absolute Gasteiger partial charge is 0.394 e. The van der Waals surface area contributed by atoms with Gasteiger partial charge in [0.2, 0.25) is 0 Å². The molecule has 7 nitrogen and oxygen atoms in total. The molecule has 13 heavy (non-hydrogen) atoms. The van der Waals surface area contributed by atoms with Crippen LogP contribution >= 0.6 is 0 Å². The first-order valence-electron chi connectivity index (χ1n) is 3.55. The van der Waals surface area contributed by atoms with Gasteiger partial charge < -0.3 is 25.3 Å². The molecule has 0 bridgehead atoms. The topological polar surface area (TPSA) is 133 Å². The van der Waals surface area contributed by atoms with Crippen LogP contribution in [0.5, 0.6) is 0 Å². The Morgan fingerprint density at radius 3 is 2.31 bits per heavy atom. The van der Waals surface area contributed by atoms with E-state index in [2.05, 4.69) is 10.7 Å². The number of nitrogens with two attached hydrogens (primary N) is 1. The third-order valence-electron chi connectivity index (χ3n) is 1.43. The molecule has 6 N–H and O–H groups in total. The van der Waals surface area contributed by atoms with Crippen molar-refractivity contribution in [3.8, 4) is 0 Å². The highest BCUT2D eigenvalue weighted by Gasteiger charge is 2.28. The van der Waals surface area contributed by atoms with Gasteiger partial charge >= 0.3 is 0 Å². The molecule has 0 aliphatic carbocycles. The van der Waals surface area contributed by atoms with Crippen molar-refractivity contribution in [2.24, 2.45) is 5.90 Å². The average Bonchev–Trinajstić information content (AvgIpc) is 2.14. The lowest BCUT2D eigenvalue weighted by Gasteiger charge is -2.16. The van der Waals surface area contributed by atoms with Gasteiger partial charge in [-0.3, -0.25) is 4.79 Å². The van der Waals surface area contributed by atoms with E-state index in [1.165, 1.54) is 0 Å². The van der Waals surface area contributed by atoms with Crippen LogP contribution in [0, 0.1) is 0 Å². The summed E-state index contributed by atoms with van der Waals surface area (Å²) >= 11 is 0. The number of aliphatic hydroxyl groups excluding tert-OH is 4. The van der Waals surface area contributed by atoms with E-state index in [0.29, 0.717) is 0 Å². The fraction of sp³-hybridized carbons (Fsp3) is 0.833. The number of carbonyl (C=O) groups is 1. The van der Waals surface area contributed by atoms with Gasteiger partial charge in [-0.25, -0.2) is 5.90 Å². The number of ketones is 1. The number of hydrogen-bond donors (Lipinski definition) is 5. The SMILES string of the molecule is NOCC(O)C(=O)C(O)C(O)CO. The zero-order valence-electron chi connectivity index (χ0n) is 6.83. The maximum absolute atomic E-state index is 10.9. The Balaban J connectivity index is 4.08. The van der Waals surface area contributed by atoms with Gasteiger partial charge in [0.1, 0.15) is 24.9 Å². The second kappa shape index (κ2) is 5.97. The third-order valence-corrected chi connectivity index (χ3v) is 1.43. The van der Waals surface area contributed by atoms with E-state index in [1.54, 1.807) is 0 Å². The van der Waals surface area contributed by atoms with Crippen molar-refractivity contribution in [1.82, 2.24) is 0 Å². The molecule has 0 spiro atoms. The van der Waals surface area contributed by atoms with Crippen LogP contribution in [-0.2, 0) is 9.63 Å². The molecule has 0 saturated heterocycles. The predicted octanol–water partition coefficient (Wildman–Crippen LogP) is -3.48. The quantitative estimate of drug-likeness (QED) is 0.278. The molecule has 0 aromatic rings. The van der Waals surface area contributed by atoms with E-state index >= 15 is 0 Å². The van der Waals surface area contributed by atoms with Gasteiger partial charge in [-0.15, -0.1) is 0 Å². The minimum absolute atomic E-state index is 0.478. The Morgan fingerprint density at radius 1 is 1.38 bits per heavy atom. The zero-order chi connectivity index (χ0) is 10.4. The van der Waals surface area contributed by atoms with Crippen LogP contribution in [0.4, 0.5) is 0 Å². The molecule has 0 heterocycles. The summed E-state index contributed by atoms with van der Waals surface area (Å²) in [6, 6.07) is 0. The molecule has 0 radical (unpaired) electrons. The molecule has 0 fully saturated rings. The number of rotatable bonds is 6. The van der Waals surface area contributed by atoms with E-state index in [1.807, 2.05) is 0 Å². The summed E-state index contributed by atoms with van der Waals surface area (Å²) in [6.45, 7) is -1.25. The smallest absolute Gasteiger partial charge is 0.194 e. The summed E-state index contributed by atoms with van der Waals surface area (Å²) in [6.07, 6.45) is -5.06. The van der Waals surface area contributed by atoms with Crippen LogP contribution in [0.1, 0.15) is 0 Å². The number of hydrogen-bond acceptors (Lipinski definition) is 7. The Morgan fingerprint density at radius 2 is 1.92 bits per heavy atom. The van der Waals surface area contributed by atoms with Gasteiger partial charge in [0.05, 0.1) is 6.61 Å². The Kier molecular flexibility index (Phi) is 5.71. The lowest BCUT2D eigenvalue weighted by molar-refractivity contribution is -0.146. The van der Waals surface area contributed by atoms with Crippen LogP contribution in [0.3, 0.4) is 0 Å². The summed E-state index contributed by atoms with van der Waals surface area (Å²) in [4.78, 5) is 14.9. The van der Waals surface area contributed by atoms with Gasteiger partial charge in [0, 0.05) is 0 Å². The molecular formula is C6H13NO6. The average molecular weight is 195 g/mol. The first-order chi connectivity index (χ1) is 6.04. The van der Waals surface area contributed by atoms with E-state index in [0.717, 1.165) is 0 Å². The summed E-state index contributed by atoms with van der Waals surface area (Å²) in [5.41, 5.74) is 0. The molecule has 0 rings (SSSR count). The third kappa shape index (κ3) is 3.77. The van der Waals surface area contributed by atoms with Crippen molar-refractivity contribution in [3.05, 3.63) is 0 Å². The van der Waals surface area contributed by atoms with Crippen molar-refractivity contribution in [2.45, 2.75) is 18.3 Å². The van der Waals surface area contributed by atoms with E-state index in [9.17, 15) is 4.79 Å². The van der Waals surface area contributed by atoms with E-state index in [4.69, 9.17) is 20.4 Å². The monoisotopic (exact) mass is 195 g/mol. The molecule has 0 amide bonds. The molecule has 78 valence electrons. The molecule has 0 aromatic carbocycles. The number of Topliss-reactive ketones (excluding diaryl/α,β-unsaturated/α-hetero) is 1. The van der Waals surface area contributed by atoms with Crippen LogP contribution in [0.25, 0.3) is 0 Å². The van der Waals surface area contributed by atoms with Crippen molar-refractivity contribution in [3.63, 3.8) is 0 Å². The first kappa shape index (κ1) is 12.4. The Bertz CT molecular complexity index is 163. The molecule has 0 aliphatic rings. The Hall–Kier alpha value is -0.570. The summed E-state index contributed by atoms with van der Waals surface area (Å²) < 4.78 is 0. The lowest BCUT2D eigenvalue weighted by Crippen LogP contribution is -2.44. The van der Waals surface area contributed by atoms with Crippen molar-refractivity contribution in [2.75, 3.05) is 13.2 Å². The highest BCUT2D eigenvalue weighted by molar-refractivity contribution is 5.87. The summed E-state index contributed by atoms with van der Waals surface area (Å²) in [5.74, 6) is 3.52. The Labute approximate surface area is 74.3 Å². The summed E-state index contributed by atoms with van der Waals surface area (Å²) in [5, 5.41) is 35.1. The predicted molar refractivity (Wildman–Crippen MR) is 40.3 cm³/mol. The highest BCUT2D eigenvalue weighted by Crippen LogP contribution is 1.99. The zero-order valence-corrected chi connectivity index (χ0v) is 6.83. The van der Waals surface area contributed by atoms with Crippen LogP contribution in [-0.4, -0.2) is 57.7 Å². The van der Waals surface area contributed by atoms with Gasteiger partial charge in [-0.2, -0.15) is 0 Å². The van der Waals surface area contributed by atoms with Gasteiger partial charge in [0.15, 0.2) is 5.78 Å². The van der Waals surface area contributed by atoms with E-state index < -0.39 is 37.3 Å². The number of aliphatic hydroxyl groups is 4. The molecule has 0 saturated carbocycles. The lowest BCUT2D eigenvalue weighted by atomic mass is 10.1. The molecule has 7 heteroatoms. The molecule has 0 aromatic heterocycles. The molecule has 3 unspecified atom stereocenters. The van der Waals surface area contributed by atoms with Gasteiger partial charge in [-0.05, 0) is 0 Å². The molecular weight excluding hydrogens is 182 g/mol. The fourth-order valence-corrected chi connectivity index (χ4v) is 0.660. The molecule has 0 aliphatic heterocycles. The molecule has 3 atom stereocenters. The second-order valence-electron chi connectivity index (χ2n) is 2.45. The van der Waals surface area contributed by atoms with Gasteiger partial charge in [-0.1, -0.05) is 0 Å². The van der Waals surface area contributed by atoms with Crippen molar-refractivity contribution in [1.29, 1.82) is 0 Å². The highest BCUT2D eigenvalue weighted by atomic mass is 16.6. The van der Waals surface area contributed by atoms with Crippen molar-refractivity contribution >= 4 is 5.78 Å². The second-order valence-corrected chi connectivity index (χ2v) is 2.45. The first-order valence-corrected chi connectivity index (χ1v) is 3.55. The van der Waals surface area contributed by atoms with Crippen LogP contribution < -0.4 is 5.90 Å². The van der Waals surface area contributed by atoms with Crippen molar-refractivity contribution < 1.29 is 30.1 Å². The van der Waals surface area contributed by atoms with E-state index in [-0.39, 0.29) is 0 Å². The fourth-order valence-electron chi connectivity index (χ4n) is 0.660. The number of carbonyl (C=O) groups excluding carboxylic acids is 1. The maximum atomic E-state index is 10.9. The minimum atomic E-state index is -1.84. The summed E-state index contributed by atoms with van der Waals surface area (Å²) in [7, 11) is 0. The van der Waals surface area contributed by atoms with Crippen LogP contribution in [0.2, 0.25) is 0 Å².